The van der Waals surface area contributed by atoms with Gasteiger partial charge in [0.2, 0.25) is 0 Å². The molecule has 112 valence electrons. The minimum Gasteiger partial charge on any atom is -0.492 e. The van der Waals surface area contributed by atoms with Crippen molar-refractivity contribution in [1.29, 1.82) is 0 Å². The van der Waals surface area contributed by atoms with E-state index >= 15 is 0 Å². The van der Waals surface area contributed by atoms with E-state index < -0.39 is 0 Å². The van der Waals surface area contributed by atoms with E-state index in [2.05, 4.69) is 0 Å². The second-order valence-corrected chi connectivity index (χ2v) is 5.55. The van der Waals surface area contributed by atoms with Gasteiger partial charge in [-0.25, -0.2) is 0 Å². The van der Waals surface area contributed by atoms with Crippen LogP contribution in [-0.4, -0.2) is 24.9 Å². The molecule has 0 radical (unpaired) electrons. The third kappa shape index (κ3) is 6.23. The molecule has 1 rings (SSSR count). The Bertz CT molecular complexity index is 434. The summed E-state index contributed by atoms with van der Waals surface area (Å²) in [4.78, 5) is 0. The highest BCUT2D eigenvalue weighted by Crippen LogP contribution is 2.33. The maximum Gasteiger partial charge on any atom is 0.141 e. The summed E-state index contributed by atoms with van der Waals surface area (Å²) in [7, 11) is 0. The molecule has 0 unspecified atom stereocenters. The average Bonchev–Trinajstić information content (AvgIpc) is 2.36. The van der Waals surface area contributed by atoms with Crippen LogP contribution < -0.4 is 9.47 Å². The van der Waals surface area contributed by atoms with E-state index in [-0.39, 0.29) is 17.7 Å². The molecule has 1 N–H and O–H groups in total. The smallest absolute Gasteiger partial charge is 0.141 e. The van der Waals surface area contributed by atoms with Crippen molar-refractivity contribution in [2.75, 3.05) is 19.8 Å². The molecule has 0 aliphatic heterocycles. The first-order valence-corrected chi connectivity index (χ1v) is 7.35. The molecule has 20 heavy (non-hydrogen) atoms. The van der Waals surface area contributed by atoms with Crippen LogP contribution in [0.4, 0.5) is 0 Å². The first-order valence-electron chi connectivity index (χ1n) is 6.22. The molecule has 0 bridgehead atoms. The Labute approximate surface area is 134 Å². The van der Waals surface area contributed by atoms with Crippen molar-refractivity contribution >= 4 is 34.8 Å². The van der Waals surface area contributed by atoms with Crippen molar-refractivity contribution < 1.29 is 14.6 Å². The lowest BCUT2D eigenvalue weighted by molar-refractivity contribution is 0.252. The summed E-state index contributed by atoms with van der Waals surface area (Å²) in [5.41, 5.74) is 0.887. The second-order valence-electron chi connectivity index (χ2n) is 4.14. The van der Waals surface area contributed by atoms with E-state index in [4.69, 9.17) is 49.4 Å². The molecule has 0 atom stereocenters. The SMILES string of the molecule is Cc1cc(OCC=C(Cl)Cl)cc(Cl)c1OCCCCO. The highest BCUT2D eigenvalue weighted by molar-refractivity contribution is 6.55. The van der Waals surface area contributed by atoms with Gasteiger partial charge >= 0.3 is 0 Å². The normalized spacial score (nSPS) is 10.2. The predicted octanol–water partition coefficient (Wildman–Crippen LogP) is 4.50. The zero-order valence-corrected chi connectivity index (χ0v) is 13.4. The van der Waals surface area contributed by atoms with Crippen LogP contribution >= 0.6 is 34.8 Å². The van der Waals surface area contributed by atoms with E-state index in [0.29, 0.717) is 29.5 Å². The monoisotopic (exact) mass is 338 g/mol. The number of benzene rings is 1. The van der Waals surface area contributed by atoms with E-state index in [0.717, 1.165) is 12.0 Å². The summed E-state index contributed by atoms with van der Waals surface area (Å²) in [6.07, 6.45) is 3.04. The van der Waals surface area contributed by atoms with E-state index in [9.17, 15) is 0 Å². The Morgan fingerprint density at radius 2 is 2.00 bits per heavy atom. The van der Waals surface area contributed by atoms with Crippen LogP contribution in [0.15, 0.2) is 22.7 Å². The first kappa shape index (κ1) is 17.4. The fourth-order valence-corrected chi connectivity index (χ4v) is 1.99. The molecule has 0 saturated carbocycles. The summed E-state index contributed by atoms with van der Waals surface area (Å²) in [6, 6.07) is 3.52. The van der Waals surface area contributed by atoms with Crippen LogP contribution in [0, 0.1) is 6.92 Å². The zero-order chi connectivity index (χ0) is 15.0. The van der Waals surface area contributed by atoms with E-state index in [1.165, 1.54) is 0 Å². The Balaban J connectivity index is 2.63. The van der Waals surface area contributed by atoms with Crippen LogP contribution in [0.3, 0.4) is 0 Å². The number of aryl methyl sites for hydroxylation is 1. The van der Waals surface area contributed by atoms with Crippen LogP contribution in [0.25, 0.3) is 0 Å². The number of ether oxygens (including phenoxy) is 2. The largest absolute Gasteiger partial charge is 0.492 e. The maximum absolute atomic E-state index is 8.71. The highest BCUT2D eigenvalue weighted by atomic mass is 35.5. The van der Waals surface area contributed by atoms with Crippen molar-refractivity contribution in [1.82, 2.24) is 0 Å². The van der Waals surface area contributed by atoms with Gasteiger partial charge in [0.25, 0.3) is 0 Å². The van der Waals surface area contributed by atoms with Crippen LogP contribution in [-0.2, 0) is 0 Å². The van der Waals surface area contributed by atoms with Crippen LogP contribution in [0.5, 0.6) is 11.5 Å². The molecule has 0 aliphatic rings. The topological polar surface area (TPSA) is 38.7 Å². The number of hydrogen-bond donors (Lipinski definition) is 1. The van der Waals surface area contributed by atoms with Gasteiger partial charge in [0.1, 0.15) is 22.6 Å². The maximum atomic E-state index is 8.71. The van der Waals surface area contributed by atoms with Gasteiger partial charge in [-0.2, -0.15) is 0 Å². The van der Waals surface area contributed by atoms with E-state index in [1.807, 2.05) is 13.0 Å². The Kier molecular flexibility index (Phi) is 8.15. The highest BCUT2D eigenvalue weighted by Gasteiger charge is 2.08. The lowest BCUT2D eigenvalue weighted by atomic mass is 10.2. The molecular formula is C14H17Cl3O3. The second kappa shape index (κ2) is 9.35. The minimum atomic E-state index is 0.164. The summed E-state index contributed by atoms with van der Waals surface area (Å²) in [5.74, 6) is 1.27. The third-order valence-electron chi connectivity index (χ3n) is 2.49. The summed E-state index contributed by atoms with van der Waals surface area (Å²) in [6.45, 7) is 2.85. The fourth-order valence-electron chi connectivity index (χ4n) is 1.55. The minimum absolute atomic E-state index is 0.164. The van der Waals surface area contributed by atoms with Gasteiger partial charge in [0.15, 0.2) is 0 Å². The van der Waals surface area contributed by atoms with Gasteiger partial charge in [-0.1, -0.05) is 34.8 Å². The lowest BCUT2D eigenvalue weighted by Gasteiger charge is -2.13. The number of unbranched alkanes of at least 4 members (excludes halogenated alkanes) is 1. The standard InChI is InChI=1S/C14H17Cl3O3/c1-10-8-11(19-7-4-13(16)17)9-12(15)14(10)20-6-3-2-5-18/h4,8-9,18H,2-3,5-7H2,1H3. The molecule has 1 aromatic rings. The lowest BCUT2D eigenvalue weighted by Crippen LogP contribution is -2.01. The third-order valence-corrected chi connectivity index (χ3v) is 3.08. The molecule has 0 fully saturated rings. The zero-order valence-electron chi connectivity index (χ0n) is 11.2. The van der Waals surface area contributed by atoms with Gasteiger partial charge < -0.3 is 14.6 Å². The average molecular weight is 340 g/mol. The number of aliphatic hydroxyl groups excluding tert-OH is 1. The summed E-state index contributed by atoms with van der Waals surface area (Å²) < 4.78 is 11.2. The molecule has 0 aromatic heterocycles. The van der Waals surface area contributed by atoms with Gasteiger partial charge in [0.05, 0.1) is 11.6 Å². The van der Waals surface area contributed by atoms with Crippen molar-refractivity contribution in [2.45, 2.75) is 19.8 Å². The van der Waals surface area contributed by atoms with Crippen molar-refractivity contribution in [2.24, 2.45) is 0 Å². The van der Waals surface area contributed by atoms with Gasteiger partial charge in [-0.15, -0.1) is 0 Å². The molecule has 1 aromatic carbocycles. The molecule has 0 spiro atoms. The molecule has 0 aliphatic carbocycles. The Hall–Kier alpha value is -0.610. The van der Waals surface area contributed by atoms with Crippen LogP contribution in [0.1, 0.15) is 18.4 Å². The summed E-state index contributed by atoms with van der Waals surface area (Å²) in [5, 5.41) is 9.20. The number of aliphatic hydroxyl groups is 1. The van der Waals surface area contributed by atoms with Crippen molar-refractivity contribution in [3.05, 3.63) is 33.3 Å². The fraction of sp³-hybridized carbons (Fsp3) is 0.429. The van der Waals surface area contributed by atoms with E-state index in [1.54, 1.807) is 12.1 Å². The number of rotatable bonds is 8. The molecule has 0 amide bonds. The van der Waals surface area contributed by atoms with Gasteiger partial charge in [-0.05, 0) is 37.5 Å². The molecule has 3 nitrogen and oxygen atoms in total. The quantitative estimate of drug-likeness (QED) is 0.709. The number of hydrogen-bond acceptors (Lipinski definition) is 3. The molecular weight excluding hydrogens is 323 g/mol. The number of halogens is 3. The van der Waals surface area contributed by atoms with Gasteiger partial charge in [0, 0.05) is 12.7 Å². The first-order chi connectivity index (χ1) is 9.54. The molecule has 0 saturated heterocycles. The molecule has 6 heteroatoms. The van der Waals surface area contributed by atoms with Crippen molar-refractivity contribution in [3.8, 4) is 11.5 Å². The summed E-state index contributed by atoms with van der Waals surface area (Å²) >= 11 is 17.2. The molecule has 0 heterocycles. The predicted molar refractivity (Wildman–Crippen MR) is 83.3 cm³/mol. The Morgan fingerprint density at radius 3 is 2.60 bits per heavy atom. The van der Waals surface area contributed by atoms with Crippen molar-refractivity contribution in [3.63, 3.8) is 0 Å². The van der Waals surface area contributed by atoms with Crippen LogP contribution in [0.2, 0.25) is 5.02 Å². The Morgan fingerprint density at radius 1 is 1.25 bits per heavy atom. The van der Waals surface area contributed by atoms with Gasteiger partial charge in [-0.3, -0.25) is 0 Å².